The highest BCUT2D eigenvalue weighted by Gasteiger charge is 2.33. The molecule has 1 aromatic heterocycles. The number of para-hydroxylation sites is 1. The highest BCUT2D eigenvalue weighted by Crippen LogP contribution is 2.33. The molecular formula is C28H37N7O3. The van der Waals surface area contributed by atoms with Gasteiger partial charge in [0.05, 0.1) is 30.8 Å². The lowest BCUT2D eigenvalue weighted by atomic mass is 10.1. The van der Waals surface area contributed by atoms with Gasteiger partial charge in [-0.15, -0.1) is 0 Å². The molecule has 5 rings (SSSR count). The van der Waals surface area contributed by atoms with Gasteiger partial charge in [0.15, 0.2) is 0 Å². The molecular weight excluding hydrogens is 482 g/mol. The molecule has 0 radical (unpaired) electrons. The molecule has 2 fully saturated rings. The van der Waals surface area contributed by atoms with Gasteiger partial charge in [-0.25, -0.2) is 4.79 Å². The number of anilines is 2. The highest BCUT2D eigenvalue weighted by molar-refractivity contribution is 5.66. The Balaban J connectivity index is 1.48. The highest BCUT2D eigenvalue weighted by atomic mass is 16.5. The number of hydrogen-bond acceptors (Lipinski definition) is 8. The Hall–Kier alpha value is -3.58. The predicted molar refractivity (Wildman–Crippen MR) is 145 cm³/mol. The van der Waals surface area contributed by atoms with Crippen molar-refractivity contribution in [3.63, 3.8) is 0 Å². The number of nitriles is 1. The fraction of sp³-hybridized carbons (Fsp3) is 0.571. The monoisotopic (exact) mass is 519 g/mol. The molecule has 3 aliphatic rings. The number of aromatic nitrogens is 2. The van der Waals surface area contributed by atoms with Gasteiger partial charge in [-0.3, -0.25) is 0 Å². The average molecular weight is 520 g/mol. The summed E-state index contributed by atoms with van der Waals surface area (Å²) >= 11 is 0. The third-order valence-electron chi connectivity index (χ3n) is 8.13. The molecule has 2 saturated heterocycles. The predicted octanol–water partition coefficient (Wildman–Crippen LogP) is 3.29. The second-order valence-electron chi connectivity index (χ2n) is 10.6. The van der Waals surface area contributed by atoms with E-state index in [1.54, 1.807) is 0 Å². The van der Waals surface area contributed by atoms with Crippen molar-refractivity contribution in [3.05, 3.63) is 41.1 Å². The fourth-order valence-corrected chi connectivity index (χ4v) is 5.98. The molecule has 1 N–H and O–H groups in total. The summed E-state index contributed by atoms with van der Waals surface area (Å²) in [5.74, 6) is 0.824. The van der Waals surface area contributed by atoms with Gasteiger partial charge >= 0.3 is 12.1 Å². The van der Waals surface area contributed by atoms with Gasteiger partial charge in [0, 0.05) is 43.5 Å². The number of carbonyl (C=O) groups is 1. The molecule has 0 unspecified atom stereocenters. The van der Waals surface area contributed by atoms with E-state index in [1.807, 2.05) is 0 Å². The molecule has 4 heterocycles. The number of fused-ring (bicyclic) bond motifs is 1. The van der Waals surface area contributed by atoms with Crippen molar-refractivity contribution in [2.75, 3.05) is 56.2 Å². The first-order chi connectivity index (χ1) is 18.4. The van der Waals surface area contributed by atoms with Crippen molar-refractivity contribution in [2.45, 2.75) is 57.7 Å². The number of rotatable bonds is 6. The van der Waals surface area contributed by atoms with Crippen LogP contribution in [0.1, 0.15) is 42.5 Å². The van der Waals surface area contributed by atoms with Gasteiger partial charge < -0.3 is 29.4 Å². The molecule has 3 aliphatic heterocycles. The maximum absolute atomic E-state index is 11.8. The van der Waals surface area contributed by atoms with Crippen molar-refractivity contribution in [3.8, 4) is 12.1 Å². The van der Waals surface area contributed by atoms with E-state index in [4.69, 9.17) is 14.7 Å². The maximum Gasteiger partial charge on any atom is 0.407 e. The van der Waals surface area contributed by atoms with E-state index in [0.29, 0.717) is 44.8 Å². The van der Waals surface area contributed by atoms with E-state index >= 15 is 0 Å². The Bertz CT molecular complexity index is 1200. The number of ether oxygens (including phenoxy) is 1. The molecule has 0 bridgehead atoms. The zero-order valence-electron chi connectivity index (χ0n) is 22.3. The lowest BCUT2D eigenvalue weighted by Crippen LogP contribution is -2.55. The summed E-state index contributed by atoms with van der Waals surface area (Å²) in [5, 5.41) is 19.0. The average Bonchev–Trinajstić information content (AvgIpc) is 3.19. The third kappa shape index (κ3) is 5.48. The van der Waals surface area contributed by atoms with Crippen LogP contribution in [0.2, 0.25) is 0 Å². The smallest absolute Gasteiger partial charge is 0.407 e. The summed E-state index contributed by atoms with van der Waals surface area (Å²) in [6.07, 6.45) is 3.23. The number of carboxylic acid groups (broad SMARTS) is 1. The van der Waals surface area contributed by atoms with Gasteiger partial charge in [-0.2, -0.15) is 15.2 Å². The zero-order chi connectivity index (χ0) is 26.6. The van der Waals surface area contributed by atoms with Gasteiger partial charge in [0.1, 0.15) is 12.4 Å². The molecule has 10 heteroatoms. The Morgan fingerprint density at radius 1 is 1.13 bits per heavy atom. The second kappa shape index (κ2) is 11.4. The van der Waals surface area contributed by atoms with Crippen LogP contribution in [0.4, 0.5) is 16.3 Å². The van der Waals surface area contributed by atoms with Gasteiger partial charge in [-0.05, 0) is 57.8 Å². The van der Waals surface area contributed by atoms with E-state index in [2.05, 4.69) is 59.0 Å². The molecule has 0 saturated carbocycles. The molecule has 10 nitrogen and oxygen atoms in total. The Labute approximate surface area is 224 Å². The first-order valence-electron chi connectivity index (χ1n) is 13.6. The summed E-state index contributed by atoms with van der Waals surface area (Å²) in [4.78, 5) is 29.9. The fourth-order valence-electron chi connectivity index (χ4n) is 5.98. The quantitative estimate of drug-likeness (QED) is 0.615. The summed E-state index contributed by atoms with van der Waals surface area (Å²) < 4.78 is 6.23. The van der Waals surface area contributed by atoms with Crippen molar-refractivity contribution >= 4 is 17.6 Å². The summed E-state index contributed by atoms with van der Waals surface area (Å²) in [7, 11) is 2.13. The normalized spacial score (nSPS) is 22.1. The molecule has 38 heavy (non-hydrogen) atoms. The van der Waals surface area contributed by atoms with Gasteiger partial charge in [0.2, 0.25) is 0 Å². The first-order valence-corrected chi connectivity index (χ1v) is 13.6. The topological polar surface area (TPSA) is 109 Å². The minimum absolute atomic E-state index is 0.147. The van der Waals surface area contributed by atoms with E-state index in [9.17, 15) is 15.2 Å². The molecule has 2 aromatic rings. The van der Waals surface area contributed by atoms with Crippen LogP contribution in [0.5, 0.6) is 6.01 Å². The molecule has 0 spiro atoms. The van der Waals surface area contributed by atoms with E-state index in [-0.39, 0.29) is 6.42 Å². The van der Waals surface area contributed by atoms with Crippen LogP contribution in [0, 0.1) is 18.3 Å². The largest absolute Gasteiger partial charge is 0.465 e. The Morgan fingerprint density at radius 3 is 2.71 bits per heavy atom. The van der Waals surface area contributed by atoms with Crippen LogP contribution in [-0.4, -0.2) is 89.4 Å². The summed E-state index contributed by atoms with van der Waals surface area (Å²) in [6.45, 7) is 6.60. The Morgan fingerprint density at radius 2 is 1.97 bits per heavy atom. The van der Waals surface area contributed by atoms with E-state index < -0.39 is 12.1 Å². The third-order valence-corrected chi connectivity index (χ3v) is 8.13. The molecule has 202 valence electrons. The lowest BCUT2D eigenvalue weighted by Gasteiger charge is -2.40. The van der Waals surface area contributed by atoms with Crippen molar-refractivity contribution in [1.82, 2.24) is 19.8 Å². The first kappa shape index (κ1) is 26.0. The number of hydrogen-bond donors (Lipinski definition) is 1. The van der Waals surface area contributed by atoms with Crippen LogP contribution in [0.15, 0.2) is 24.3 Å². The second-order valence-corrected chi connectivity index (χ2v) is 10.6. The number of benzene rings is 1. The SMILES string of the molecule is Cc1ccccc1N1CCCc2c(nc(OC[C@@H]3CCCN3C)nc2N2CCN(C(=O)O)[C@@H](CC#N)C2)C1. The van der Waals surface area contributed by atoms with Crippen molar-refractivity contribution in [1.29, 1.82) is 5.26 Å². The van der Waals surface area contributed by atoms with Gasteiger partial charge in [-0.1, -0.05) is 18.2 Å². The van der Waals surface area contributed by atoms with E-state index in [1.165, 1.54) is 22.6 Å². The summed E-state index contributed by atoms with van der Waals surface area (Å²) in [6, 6.07) is 10.9. The van der Waals surface area contributed by atoms with Crippen LogP contribution >= 0.6 is 0 Å². The number of likely N-dealkylation sites (tertiary alicyclic amines) is 1. The molecule has 0 aliphatic carbocycles. The molecule has 1 amide bonds. The molecule has 2 atom stereocenters. The minimum Gasteiger partial charge on any atom is -0.465 e. The number of amides is 1. The number of aryl methyl sites for hydroxylation is 1. The standard InChI is InChI=1S/C28H37N7O3/c1-20-7-3-4-10-25(20)33-14-6-9-23-24(18-33)30-27(38-19-22-8-5-13-32(22)2)31-26(23)34-15-16-35(28(36)37)21(17-34)11-12-29/h3-4,7,10,21-22H,5-6,8-9,11,13-19H2,1-2H3,(H,36,37)/t21-,22-/m0/s1. The summed E-state index contributed by atoms with van der Waals surface area (Å²) in [5.41, 5.74) is 4.50. The minimum atomic E-state index is -0.981. The van der Waals surface area contributed by atoms with Crippen molar-refractivity contribution in [2.24, 2.45) is 0 Å². The lowest BCUT2D eigenvalue weighted by molar-refractivity contribution is 0.119. The van der Waals surface area contributed by atoms with E-state index in [0.717, 1.165) is 49.4 Å². The number of nitrogens with zero attached hydrogens (tertiary/aromatic N) is 7. The van der Waals surface area contributed by atoms with Gasteiger partial charge in [0.25, 0.3) is 0 Å². The van der Waals surface area contributed by atoms with Crippen LogP contribution in [0.3, 0.4) is 0 Å². The Kier molecular flexibility index (Phi) is 7.84. The molecule has 1 aromatic carbocycles. The maximum atomic E-state index is 11.8. The van der Waals surface area contributed by atoms with Crippen LogP contribution < -0.4 is 14.5 Å². The number of piperazine rings is 1. The van der Waals surface area contributed by atoms with Crippen LogP contribution in [-0.2, 0) is 13.0 Å². The van der Waals surface area contributed by atoms with Crippen LogP contribution in [0.25, 0.3) is 0 Å². The van der Waals surface area contributed by atoms with Crippen molar-refractivity contribution < 1.29 is 14.6 Å². The zero-order valence-corrected chi connectivity index (χ0v) is 22.3. The number of likely N-dealkylation sites (N-methyl/N-ethyl adjacent to an activating group) is 1.